The molecule has 0 spiro atoms. The third kappa shape index (κ3) is 5.91. The maximum Gasteiger partial charge on any atom is 0.395 e. The second-order valence-corrected chi connectivity index (χ2v) is 11.2. The summed E-state index contributed by atoms with van der Waals surface area (Å²) in [6.07, 6.45) is -1.87. The van der Waals surface area contributed by atoms with Gasteiger partial charge < -0.3 is 19.6 Å². The molecule has 0 aromatic heterocycles. The molecule has 1 aliphatic carbocycles. The number of ether oxygens (including phenoxy) is 1. The first-order valence-corrected chi connectivity index (χ1v) is 13.5. The first-order valence-electron chi connectivity index (χ1n) is 13.5. The minimum Gasteiger partial charge on any atom is -0.490 e. The van der Waals surface area contributed by atoms with E-state index in [1.54, 1.807) is 6.07 Å². The standard InChI is InChI=1S/C29H33F5N2O3/c30-24-15-21(27(38)36-13-8-22(37)16-36)2-4-23(24)20-3-5-26(25(31)14-20)39-17-19-6-11-35(12-7-19)18-28(9-1-10-28)29(32,33)34/h2-5,14-15,19,22,37H,1,6-13,16-18H2/t22-/m0/s1. The number of hydrogen-bond donors (Lipinski definition) is 1. The zero-order valence-corrected chi connectivity index (χ0v) is 21.7. The molecule has 2 heterocycles. The monoisotopic (exact) mass is 552 g/mol. The van der Waals surface area contributed by atoms with Crippen LogP contribution in [0.2, 0.25) is 0 Å². The molecule has 5 rings (SSSR count). The van der Waals surface area contributed by atoms with Crippen LogP contribution in [0.5, 0.6) is 5.75 Å². The fraction of sp³-hybridized carbons (Fsp3) is 0.552. The fourth-order valence-electron chi connectivity index (χ4n) is 5.86. The number of hydrogen-bond acceptors (Lipinski definition) is 4. The summed E-state index contributed by atoms with van der Waals surface area (Å²) in [5.41, 5.74) is -0.948. The highest BCUT2D eigenvalue weighted by molar-refractivity contribution is 5.95. The molecule has 0 bridgehead atoms. The Bertz CT molecular complexity index is 1190. The number of alkyl halides is 3. The van der Waals surface area contributed by atoms with Gasteiger partial charge in [0, 0.05) is 30.8 Å². The van der Waals surface area contributed by atoms with Gasteiger partial charge in [-0.05, 0) is 80.9 Å². The largest absolute Gasteiger partial charge is 0.490 e. The van der Waals surface area contributed by atoms with Crippen LogP contribution in [0.15, 0.2) is 36.4 Å². The molecular weight excluding hydrogens is 519 g/mol. The van der Waals surface area contributed by atoms with Crippen LogP contribution >= 0.6 is 0 Å². The van der Waals surface area contributed by atoms with E-state index in [1.165, 1.54) is 29.2 Å². The summed E-state index contributed by atoms with van der Waals surface area (Å²) in [4.78, 5) is 15.9. The Kier molecular flexibility index (Phi) is 7.88. The van der Waals surface area contributed by atoms with Gasteiger partial charge in [0.05, 0.1) is 18.1 Å². The van der Waals surface area contributed by atoms with E-state index in [2.05, 4.69) is 0 Å². The van der Waals surface area contributed by atoms with E-state index < -0.39 is 29.3 Å². The van der Waals surface area contributed by atoms with Gasteiger partial charge in [0.15, 0.2) is 11.6 Å². The molecule has 1 saturated carbocycles. The predicted octanol–water partition coefficient (Wildman–Crippen LogP) is 5.66. The van der Waals surface area contributed by atoms with E-state index in [9.17, 15) is 31.9 Å². The SMILES string of the molecule is O=C(c1ccc(-c2ccc(OCC3CCN(CC4(C(F)(F)F)CCC4)CC3)c(F)c2)c(F)c1)N1CC[C@H](O)C1. The van der Waals surface area contributed by atoms with Crippen molar-refractivity contribution in [2.45, 2.75) is 50.8 Å². The van der Waals surface area contributed by atoms with Gasteiger partial charge in [-0.25, -0.2) is 8.78 Å². The number of nitrogens with zero attached hydrogens (tertiary/aromatic N) is 2. The molecule has 10 heteroatoms. The highest BCUT2D eigenvalue weighted by Gasteiger charge is 2.58. The Balaban J connectivity index is 1.14. The molecule has 1 N–H and O–H groups in total. The normalized spacial score (nSPS) is 22.1. The second-order valence-electron chi connectivity index (χ2n) is 11.2. The van der Waals surface area contributed by atoms with Gasteiger partial charge in [-0.1, -0.05) is 18.6 Å². The van der Waals surface area contributed by atoms with Crippen LogP contribution in [0, 0.1) is 23.0 Å². The lowest BCUT2D eigenvalue weighted by atomic mass is 9.67. The molecular formula is C29H33F5N2O3. The van der Waals surface area contributed by atoms with E-state index in [4.69, 9.17) is 4.74 Å². The summed E-state index contributed by atoms with van der Waals surface area (Å²) in [6, 6.07) is 8.22. The number of carbonyl (C=O) groups is 1. The van der Waals surface area contributed by atoms with Crippen LogP contribution in [-0.4, -0.2) is 72.4 Å². The highest BCUT2D eigenvalue weighted by Crippen LogP contribution is 2.53. The average molecular weight is 553 g/mol. The van der Waals surface area contributed by atoms with E-state index in [0.717, 1.165) is 6.07 Å². The molecule has 1 atom stereocenters. The molecule has 0 unspecified atom stereocenters. The third-order valence-electron chi connectivity index (χ3n) is 8.53. The summed E-state index contributed by atoms with van der Waals surface area (Å²) < 4.78 is 75.9. The van der Waals surface area contributed by atoms with Crippen molar-refractivity contribution in [2.75, 3.05) is 39.3 Å². The number of amides is 1. The van der Waals surface area contributed by atoms with Gasteiger partial charge >= 0.3 is 6.18 Å². The summed E-state index contributed by atoms with van der Waals surface area (Å²) in [7, 11) is 0. The lowest BCUT2D eigenvalue weighted by molar-refractivity contribution is -0.256. The van der Waals surface area contributed by atoms with Crippen LogP contribution in [0.4, 0.5) is 22.0 Å². The molecule has 3 fully saturated rings. The van der Waals surface area contributed by atoms with Crippen LogP contribution in [0.25, 0.3) is 11.1 Å². The Morgan fingerprint density at radius 1 is 1.00 bits per heavy atom. The summed E-state index contributed by atoms with van der Waals surface area (Å²) in [5, 5.41) is 9.64. The van der Waals surface area contributed by atoms with Crippen LogP contribution in [0.1, 0.15) is 48.9 Å². The maximum atomic E-state index is 14.9. The molecule has 5 nitrogen and oxygen atoms in total. The quantitative estimate of drug-likeness (QED) is 0.451. The van der Waals surface area contributed by atoms with Crippen LogP contribution < -0.4 is 4.74 Å². The lowest BCUT2D eigenvalue weighted by Crippen LogP contribution is -2.53. The van der Waals surface area contributed by atoms with Gasteiger partial charge in [-0.3, -0.25) is 4.79 Å². The van der Waals surface area contributed by atoms with Gasteiger partial charge in [0.25, 0.3) is 5.91 Å². The molecule has 2 aromatic carbocycles. The van der Waals surface area contributed by atoms with Gasteiger partial charge in [-0.15, -0.1) is 0 Å². The molecule has 1 amide bonds. The van der Waals surface area contributed by atoms with Crippen molar-refractivity contribution in [3.05, 3.63) is 53.6 Å². The maximum absolute atomic E-state index is 14.9. The van der Waals surface area contributed by atoms with Crippen molar-refractivity contribution < 1.29 is 36.6 Å². The molecule has 39 heavy (non-hydrogen) atoms. The molecule has 0 radical (unpaired) electrons. The third-order valence-corrected chi connectivity index (χ3v) is 8.53. The number of β-amino-alcohol motifs (C(OH)–C–C–N with tert-alkyl or cyclic N) is 1. The van der Waals surface area contributed by atoms with E-state index in [-0.39, 0.29) is 61.2 Å². The number of carbonyl (C=O) groups excluding carboxylic acids is 1. The van der Waals surface area contributed by atoms with Crippen molar-refractivity contribution in [2.24, 2.45) is 11.3 Å². The van der Waals surface area contributed by atoms with Gasteiger partial charge in [0.1, 0.15) is 5.82 Å². The molecule has 2 saturated heterocycles. The number of piperidine rings is 1. The first kappa shape index (κ1) is 27.8. The Hall–Kier alpha value is -2.72. The zero-order valence-electron chi connectivity index (χ0n) is 21.7. The van der Waals surface area contributed by atoms with Gasteiger partial charge in [-0.2, -0.15) is 13.2 Å². The van der Waals surface area contributed by atoms with Crippen LogP contribution in [-0.2, 0) is 0 Å². The zero-order chi connectivity index (χ0) is 27.8. The summed E-state index contributed by atoms with van der Waals surface area (Å²) in [5.74, 6) is -1.52. The Labute approximate surface area is 224 Å². The highest BCUT2D eigenvalue weighted by atomic mass is 19.4. The van der Waals surface area contributed by atoms with Crippen molar-refractivity contribution in [1.82, 2.24) is 9.80 Å². The summed E-state index contributed by atoms with van der Waals surface area (Å²) in [6.45, 7) is 2.05. The minimum absolute atomic E-state index is 0.0338. The minimum atomic E-state index is -4.17. The number of aliphatic hydroxyl groups excluding tert-OH is 1. The number of likely N-dealkylation sites (tertiary alicyclic amines) is 2. The lowest BCUT2D eigenvalue weighted by Gasteiger charge is -2.47. The number of halogens is 5. The molecule has 212 valence electrons. The van der Waals surface area contributed by atoms with Crippen LogP contribution in [0.3, 0.4) is 0 Å². The average Bonchev–Trinajstić information content (AvgIpc) is 3.31. The number of aliphatic hydroxyl groups is 1. The second kappa shape index (κ2) is 11.0. The van der Waals surface area contributed by atoms with E-state index >= 15 is 0 Å². The van der Waals surface area contributed by atoms with Gasteiger partial charge in [0.2, 0.25) is 0 Å². The molecule has 3 aliphatic rings. The van der Waals surface area contributed by atoms with Crippen molar-refractivity contribution in [3.8, 4) is 16.9 Å². The molecule has 2 aliphatic heterocycles. The fourth-order valence-corrected chi connectivity index (χ4v) is 5.86. The summed E-state index contributed by atoms with van der Waals surface area (Å²) >= 11 is 0. The van der Waals surface area contributed by atoms with E-state index in [0.29, 0.717) is 50.9 Å². The number of rotatable bonds is 7. The Morgan fingerprint density at radius 3 is 2.31 bits per heavy atom. The number of benzene rings is 2. The molecule has 2 aromatic rings. The van der Waals surface area contributed by atoms with Crippen molar-refractivity contribution >= 4 is 5.91 Å². The van der Waals surface area contributed by atoms with E-state index in [1.807, 2.05) is 4.90 Å². The predicted molar refractivity (Wildman–Crippen MR) is 135 cm³/mol. The van der Waals surface area contributed by atoms with Crippen molar-refractivity contribution in [1.29, 1.82) is 0 Å². The topological polar surface area (TPSA) is 53.0 Å². The van der Waals surface area contributed by atoms with Crippen molar-refractivity contribution in [3.63, 3.8) is 0 Å². The Morgan fingerprint density at radius 2 is 1.74 bits per heavy atom. The first-order chi connectivity index (χ1) is 18.5. The smallest absolute Gasteiger partial charge is 0.395 e.